The van der Waals surface area contributed by atoms with Gasteiger partial charge in [0.1, 0.15) is 5.69 Å². The maximum Gasteiger partial charge on any atom is 0.432 e. The molecule has 29 heavy (non-hydrogen) atoms. The van der Waals surface area contributed by atoms with E-state index in [4.69, 9.17) is 0 Å². The Hall–Kier alpha value is -3.02. The molecule has 0 saturated carbocycles. The summed E-state index contributed by atoms with van der Waals surface area (Å²) in [5.41, 5.74) is -2.21. The number of benzene rings is 1. The van der Waals surface area contributed by atoms with Crippen LogP contribution < -0.4 is 10.6 Å². The Bertz CT molecular complexity index is 902. The number of aromatic nitrogens is 2. The topological polar surface area (TPSA) is 102 Å². The highest BCUT2D eigenvalue weighted by Gasteiger charge is 2.33. The number of carbonyl (C=O) groups is 1. The number of amides is 1. The molecule has 1 aromatic heterocycles. The number of aliphatic hydroxyl groups is 1. The van der Waals surface area contributed by atoms with E-state index in [0.717, 1.165) is 12.1 Å². The van der Waals surface area contributed by atoms with Crippen LogP contribution in [0.25, 0.3) is 0 Å². The number of anilines is 1. The van der Waals surface area contributed by atoms with Crippen molar-refractivity contribution in [1.29, 1.82) is 0 Å². The summed E-state index contributed by atoms with van der Waals surface area (Å²) in [6.07, 6.45) is -5.00. The van der Waals surface area contributed by atoms with Crippen LogP contribution in [0.3, 0.4) is 0 Å². The van der Waals surface area contributed by atoms with Crippen LogP contribution >= 0.6 is 0 Å². The van der Waals surface area contributed by atoms with E-state index < -0.39 is 35.0 Å². The normalized spacial score (nSPS) is 12.8. The fourth-order valence-electron chi connectivity index (χ4n) is 2.05. The van der Waals surface area contributed by atoms with Gasteiger partial charge in [0.05, 0.1) is 18.6 Å². The van der Waals surface area contributed by atoms with E-state index in [9.17, 15) is 31.9 Å². The molecule has 0 radical (unpaired) electrons. The van der Waals surface area contributed by atoms with E-state index in [0.29, 0.717) is 6.07 Å². The standard InChI is InChI=1S/C17H18F5N5O2/c1-16(2,29)8-23-15(24-13-7-12(26-27-13)17(20,21)22)25-14(28)6-9-3-4-10(18)11(19)5-9/h3-5,7,29H,6,8H2,1-2H3,(H3,23,24,25,26,27,28). The average Bonchev–Trinajstić information content (AvgIpc) is 3.04. The Morgan fingerprint density at radius 3 is 2.45 bits per heavy atom. The van der Waals surface area contributed by atoms with Crippen LogP contribution in [0.1, 0.15) is 25.1 Å². The quantitative estimate of drug-likeness (QED) is 0.340. The van der Waals surface area contributed by atoms with Crippen molar-refractivity contribution in [2.45, 2.75) is 32.0 Å². The van der Waals surface area contributed by atoms with Gasteiger partial charge >= 0.3 is 6.18 Å². The molecule has 4 N–H and O–H groups in total. The van der Waals surface area contributed by atoms with Gasteiger partial charge in [-0.3, -0.25) is 15.2 Å². The second kappa shape index (κ2) is 8.55. The Morgan fingerprint density at radius 1 is 1.21 bits per heavy atom. The molecule has 158 valence electrons. The summed E-state index contributed by atoms with van der Waals surface area (Å²) >= 11 is 0. The summed E-state index contributed by atoms with van der Waals surface area (Å²) < 4.78 is 64.2. The molecule has 2 aromatic rings. The highest BCUT2D eigenvalue weighted by atomic mass is 19.4. The van der Waals surface area contributed by atoms with Crippen molar-refractivity contribution in [2.24, 2.45) is 4.99 Å². The third-order valence-electron chi connectivity index (χ3n) is 3.36. The predicted octanol–water partition coefficient (Wildman–Crippen LogP) is 2.60. The third kappa shape index (κ3) is 7.14. The summed E-state index contributed by atoms with van der Waals surface area (Å²) in [5.74, 6) is -3.45. The number of H-pyrrole nitrogens is 1. The number of carbonyl (C=O) groups excluding carboxylic acids is 1. The summed E-state index contributed by atoms with van der Waals surface area (Å²) in [7, 11) is 0. The monoisotopic (exact) mass is 419 g/mol. The molecule has 0 aliphatic heterocycles. The molecule has 0 atom stereocenters. The maximum atomic E-state index is 13.3. The number of aromatic amines is 1. The van der Waals surface area contributed by atoms with Gasteiger partial charge in [0.15, 0.2) is 17.5 Å². The van der Waals surface area contributed by atoms with Crippen molar-refractivity contribution in [3.63, 3.8) is 0 Å². The molecule has 1 amide bonds. The minimum Gasteiger partial charge on any atom is -0.389 e. The molecule has 7 nitrogen and oxygen atoms in total. The number of hydrogen-bond donors (Lipinski definition) is 4. The molecular weight excluding hydrogens is 401 g/mol. The smallest absolute Gasteiger partial charge is 0.389 e. The van der Waals surface area contributed by atoms with Crippen molar-refractivity contribution in [2.75, 3.05) is 11.9 Å². The first kappa shape index (κ1) is 22.3. The Morgan fingerprint density at radius 2 is 1.90 bits per heavy atom. The first-order valence-electron chi connectivity index (χ1n) is 8.24. The molecule has 0 unspecified atom stereocenters. The zero-order valence-electron chi connectivity index (χ0n) is 15.4. The molecule has 0 aliphatic carbocycles. The minimum atomic E-state index is -4.65. The van der Waals surface area contributed by atoms with Gasteiger partial charge in [-0.15, -0.1) is 0 Å². The minimum absolute atomic E-state index is 0.169. The van der Waals surface area contributed by atoms with Gasteiger partial charge in [-0.05, 0) is 31.5 Å². The first-order valence-corrected chi connectivity index (χ1v) is 8.24. The zero-order valence-corrected chi connectivity index (χ0v) is 15.4. The predicted molar refractivity (Wildman–Crippen MR) is 94.0 cm³/mol. The molecular formula is C17H18F5N5O2. The van der Waals surface area contributed by atoms with Crippen molar-refractivity contribution in [3.8, 4) is 0 Å². The van der Waals surface area contributed by atoms with Crippen LogP contribution in [0.4, 0.5) is 27.8 Å². The maximum absolute atomic E-state index is 13.3. The van der Waals surface area contributed by atoms with Crippen LogP contribution in [0.15, 0.2) is 29.3 Å². The van der Waals surface area contributed by atoms with E-state index in [1.54, 1.807) is 5.10 Å². The number of nitrogens with zero attached hydrogens (tertiary/aromatic N) is 2. The highest BCUT2D eigenvalue weighted by molar-refractivity contribution is 6.04. The number of alkyl halides is 3. The van der Waals surface area contributed by atoms with Crippen molar-refractivity contribution in [1.82, 2.24) is 15.5 Å². The van der Waals surface area contributed by atoms with Crippen LogP contribution in [0.5, 0.6) is 0 Å². The Labute approximate surface area is 162 Å². The van der Waals surface area contributed by atoms with E-state index >= 15 is 0 Å². The van der Waals surface area contributed by atoms with Crippen LogP contribution in [-0.2, 0) is 17.4 Å². The SMILES string of the molecule is CC(C)(O)CN=C(NC(=O)Cc1ccc(F)c(F)c1)Nc1cc(C(F)(F)F)[nH]n1. The summed E-state index contributed by atoms with van der Waals surface area (Å²) in [6, 6.07) is 3.59. The molecule has 0 aliphatic rings. The summed E-state index contributed by atoms with van der Waals surface area (Å²) in [4.78, 5) is 16.1. The van der Waals surface area contributed by atoms with Gasteiger partial charge in [-0.1, -0.05) is 6.07 Å². The van der Waals surface area contributed by atoms with Crippen LogP contribution in [-0.4, -0.2) is 39.3 Å². The van der Waals surface area contributed by atoms with Crippen LogP contribution in [0.2, 0.25) is 0 Å². The Balaban J connectivity index is 2.13. The molecule has 12 heteroatoms. The molecule has 0 fully saturated rings. The van der Waals surface area contributed by atoms with E-state index in [2.05, 4.69) is 20.7 Å². The first-order chi connectivity index (χ1) is 13.3. The number of aliphatic imine (C=N–C) groups is 1. The van der Waals surface area contributed by atoms with E-state index in [1.165, 1.54) is 19.9 Å². The van der Waals surface area contributed by atoms with Gasteiger partial charge in [0, 0.05) is 6.07 Å². The molecule has 0 saturated heterocycles. The number of halogens is 5. The molecule has 2 rings (SSSR count). The Kier molecular flexibility index (Phi) is 6.57. The fourth-order valence-corrected chi connectivity index (χ4v) is 2.05. The summed E-state index contributed by atoms with van der Waals surface area (Å²) in [5, 5.41) is 19.7. The second-order valence-electron chi connectivity index (χ2n) is 6.74. The second-order valence-corrected chi connectivity index (χ2v) is 6.74. The van der Waals surface area contributed by atoms with Gasteiger partial charge in [-0.25, -0.2) is 13.8 Å². The highest BCUT2D eigenvalue weighted by Crippen LogP contribution is 2.28. The summed E-state index contributed by atoms with van der Waals surface area (Å²) in [6.45, 7) is 2.68. The van der Waals surface area contributed by atoms with Crippen molar-refractivity contribution >= 4 is 17.7 Å². The van der Waals surface area contributed by atoms with E-state index in [-0.39, 0.29) is 30.3 Å². The lowest BCUT2D eigenvalue weighted by atomic mass is 10.1. The lowest BCUT2D eigenvalue weighted by Gasteiger charge is -2.16. The zero-order chi connectivity index (χ0) is 21.8. The number of rotatable bonds is 5. The lowest BCUT2D eigenvalue weighted by molar-refractivity contribution is -0.141. The fraction of sp³-hybridized carbons (Fsp3) is 0.353. The number of nitrogens with one attached hydrogen (secondary N) is 3. The molecule has 1 heterocycles. The van der Waals surface area contributed by atoms with E-state index in [1.807, 2.05) is 0 Å². The van der Waals surface area contributed by atoms with Crippen molar-refractivity contribution in [3.05, 3.63) is 47.2 Å². The number of guanidine groups is 1. The molecule has 0 bridgehead atoms. The van der Waals surface area contributed by atoms with Gasteiger partial charge < -0.3 is 10.4 Å². The van der Waals surface area contributed by atoms with Gasteiger partial charge in [0.2, 0.25) is 11.9 Å². The molecule has 0 spiro atoms. The van der Waals surface area contributed by atoms with Crippen LogP contribution in [0, 0.1) is 11.6 Å². The third-order valence-corrected chi connectivity index (χ3v) is 3.36. The lowest BCUT2D eigenvalue weighted by Crippen LogP contribution is -2.38. The van der Waals surface area contributed by atoms with Crippen molar-refractivity contribution < 1.29 is 31.9 Å². The average molecular weight is 419 g/mol. The van der Waals surface area contributed by atoms with Gasteiger partial charge in [-0.2, -0.15) is 18.3 Å². The molecule has 1 aromatic carbocycles. The number of hydrogen-bond acceptors (Lipinski definition) is 4. The largest absolute Gasteiger partial charge is 0.432 e. The van der Waals surface area contributed by atoms with Gasteiger partial charge in [0.25, 0.3) is 0 Å².